The van der Waals surface area contributed by atoms with E-state index in [1.165, 1.54) is 12.8 Å². The highest BCUT2D eigenvalue weighted by Gasteiger charge is 2.43. The molecule has 0 atom stereocenters. The predicted octanol–water partition coefficient (Wildman–Crippen LogP) is 4.12. The first kappa shape index (κ1) is 14.7. The van der Waals surface area contributed by atoms with Crippen LogP contribution in [0.5, 0.6) is 0 Å². The highest BCUT2D eigenvalue weighted by atomic mass is 28.4. The molecule has 0 amide bonds. The van der Waals surface area contributed by atoms with Crippen molar-refractivity contribution in [3.63, 3.8) is 0 Å². The molecule has 90 valence electrons. The van der Waals surface area contributed by atoms with E-state index >= 15 is 0 Å². The highest BCUT2D eigenvalue weighted by Crippen LogP contribution is 2.38. The zero-order valence-corrected chi connectivity index (χ0v) is 12.1. The van der Waals surface area contributed by atoms with E-state index in [0.29, 0.717) is 11.1 Å². The van der Waals surface area contributed by atoms with E-state index in [-0.39, 0.29) is 5.97 Å². The molecule has 0 rings (SSSR count). The molecular formula is C12H26O2Si. The molecule has 0 aromatic heterocycles. The van der Waals surface area contributed by atoms with E-state index in [1.807, 2.05) is 0 Å². The Morgan fingerprint density at radius 3 is 1.93 bits per heavy atom. The van der Waals surface area contributed by atoms with Gasteiger partial charge in [-0.05, 0) is 17.1 Å². The van der Waals surface area contributed by atoms with Crippen molar-refractivity contribution < 1.29 is 9.22 Å². The van der Waals surface area contributed by atoms with Crippen LogP contribution in [-0.2, 0) is 9.22 Å². The molecule has 0 heterocycles. The van der Waals surface area contributed by atoms with Crippen LogP contribution in [0.15, 0.2) is 0 Å². The van der Waals surface area contributed by atoms with Gasteiger partial charge in [-0.15, -0.1) is 0 Å². The summed E-state index contributed by atoms with van der Waals surface area (Å²) >= 11 is 0. The van der Waals surface area contributed by atoms with Gasteiger partial charge in [0, 0.05) is 6.92 Å². The smallest absolute Gasteiger partial charge is 0.289 e. The zero-order valence-electron chi connectivity index (χ0n) is 11.1. The van der Waals surface area contributed by atoms with Gasteiger partial charge in [0.1, 0.15) is 0 Å². The van der Waals surface area contributed by atoms with E-state index in [1.54, 1.807) is 6.92 Å². The van der Waals surface area contributed by atoms with Crippen LogP contribution in [0, 0.1) is 0 Å². The SMILES string of the molecule is CCCC[Si](OC(C)=O)(C(C)C)C(C)C. The molecule has 0 saturated carbocycles. The maximum absolute atomic E-state index is 11.2. The van der Waals surface area contributed by atoms with Crippen molar-refractivity contribution in [1.29, 1.82) is 0 Å². The van der Waals surface area contributed by atoms with Crippen LogP contribution in [0.2, 0.25) is 17.1 Å². The lowest BCUT2D eigenvalue weighted by Crippen LogP contribution is -2.45. The number of carbonyl (C=O) groups excluding carboxylic acids is 1. The lowest BCUT2D eigenvalue weighted by atomic mass is 10.4. The molecule has 0 saturated heterocycles. The highest BCUT2D eigenvalue weighted by molar-refractivity contribution is 6.77. The van der Waals surface area contributed by atoms with Crippen LogP contribution in [0.1, 0.15) is 54.4 Å². The topological polar surface area (TPSA) is 26.3 Å². The van der Waals surface area contributed by atoms with Crippen molar-refractivity contribution in [3.8, 4) is 0 Å². The van der Waals surface area contributed by atoms with E-state index in [2.05, 4.69) is 34.6 Å². The average molecular weight is 230 g/mol. The fourth-order valence-corrected chi connectivity index (χ4v) is 6.75. The van der Waals surface area contributed by atoms with Gasteiger partial charge in [0.2, 0.25) is 0 Å². The van der Waals surface area contributed by atoms with Gasteiger partial charge in [0.25, 0.3) is 14.3 Å². The van der Waals surface area contributed by atoms with E-state index < -0.39 is 8.32 Å². The van der Waals surface area contributed by atoms with Crippen LogP contribution in [0.3, 0.4) is 0 Å². The molecule has 0 radical (unpaired) electrons. The lowest BCUT2D eigenvalue weighted by molar-refractivity contribution is -0.133. The fourth-order valence-electron chi connectivity index (χ4n) is 2.25. The fraction of sp³-hybridized carbons (Fsp3) is 0.917. The molecule has 15 heavy (non-hydrogen) atoms. The molecular weight excluding hydrogens is 204 g/mol. The molecule has 0 aliphatic rings. The first-order valence-corrected chi connectivity index (χ1v) is 8.33. The number of unbranched alkanes of at least 4 members (excludes halogenated alkanes) is 1. The van der Waals surface area contributed by atoms with Crippen molar-refractivity contribution in [1.82, 2.24) is 0 Å². The Labute approximate surface area is 95.5 Å². The second kappa shape index (κ2) is 6.31. The van der Waals surface area contributed by atoms with Crippen LogP contribution in [0.25, 0.3) is 0 Å². The lowest BCUT2D eigenvalue weighted by Gasteiger charge is -2.37. The molecule has 0 aromatic rings. The molecule has 0 aliphatic heterocycles. The Morgan fingerprint density at radius 1 is 1.20 bits per heavy atom. The first-order chi connectivity index (χ1) is 6.86. The summed E-state index contributed by atoms with van der Waals surface area (Å²) < 4.78 is 5.76. The Morgan fingerprint density at radius 2 is 1.67 bits per heavy atom. The standard InChI is InChI=1S/C12H26O2Si/c1-7-8-9-15(10(2)3,11(4)5)14-12(6)13/h10-11H,7-9H2,1-6H3. The largest absolute Gasteiger partial charge is 0.519 e. The van der Waals surface area contributed by atoms with Gasteiger partial charge in [-0.3, -0.25) is 4.79 Å². The van der Waals surface area contributed by atoms with Crippen molar-refractivity contribution in [2.75, 3.05) is 0 Å². The molecule has 0 unspecified atom stereocenters. The number of rotatable bonds is 6. The summed E-state index contributed by atoms with van der Waals surface area (Å²) in [4.78, 5) is 11.2. The summed E-state index contributed by atoms with van der Waals surface area (Å²) in [6.07, 6.45) is 2.35. The quantitative estimate of drug-likeness (QED) is 0.642. The summed E-state index contributed by atoms with van der Waals surface area (Å²) in [6.45, 7) is 12.5. The van der Waals surface area contributed by atoms with Crippen molar-refractivity contribution in [3.05, 3.63) is 0 Å². The molecule has 3 heteroatoms. The van der Waals surface area contributed by atoms with Crippen LogP contribution >= 0.6 is 0 Å². The summed E-state index contributed by atoms with van der Waals surface area (Å²) in [6, 6.07) is 1.11. The summed E-state index contributed by atoms with van der Waals surface area (Å²) in [7, 11) is -1.88. The monoisotopic (exact) mass is 230 g/mol. The second-order valence-electron chi connectivity index (χ2n) is 4.96. The maximum atomic E-state index is 11.2. The average Bonchev–Trinajstić information content (AvgIpc) is 2.10. The minimum atomic E-state index is -1.88. The zero-order chi connectivity index (χ0) is 12.1. The molecule has 2 nitrogen and oxygen atoms in total. The van der Waals surface area contributed by atoms with Crippen LogP contribution < -0.4 is 0 Å². The van der Waals surface area contributed by atoms with Crippen molar-refractivity contribution in [2.24, 2.45) is 0 Å². The van der Waals surface area contributed by atoms with E-state index in [0.717, 1.165) is 6.04 Å². The molecule has 0 aliphatic carbocycles. The summed E-state index contributed by atoms with van der Waals surface area (Å²) in [5.41, 5.74) is 1.01. The third kappa shape index (κ3) is 3.97. The third-order valence-electron chi connectivity index (χ3n) is 3.21. The Balaban J connectivity index is 4.81. The van der Waals surface area contributed by atoms with Gasteiger partial charge in [0.05, 0.1) is 0 Å². The van der Waals surface area contributed by atoms with Gasteiger partial charge in [0.15, 0.2) is 0 Å². The summed E-state index contributed by atoms with van der Waals surface area (Å²) in [5.74, 6) is -0.0971. The van der Waals surface area contributed by atoms with Crippen LogP contribution in [-0.4, -0.2) is 14.3 Å². The van der Waals surface area contributed by atoms with Gasteiger partial charge in [-0.1, -0.05) is 47.5 Å². The molecule has 0 fully saturated rings. The molecule has 0 aromatic carbocycles. The van der Waals surface area contributed by atoms with Gasteiger partial charge in [-0.25, -0.2) is 0 Å². The molecule has 0 N–H and O–H groups in total. The number of hydrogen-bond donors (Lipinski definition) is 0. The summed E-state index contributed by atoms with van der Waals surface area (Å²) in [5, 5.41) is 0. The van der Waals surface area contributed by atoms with Gasteiger partial charge < -0.3 is 4.43 Å². The second-order valence-corrected chi connectivity index (χ2v) is 9.88. The van der Waals surface area contributed by atoms with E-state index in [9.17, 15) is 4.79 Å². The minimum Gasteiger partial charge on any atom is -0.519 e. The van der Waals surface area contributed by atoms with Crippen LogP contribution in [0.4, 0.5) is 0 Å². The van der Waals surface area contributed by atoms with Crippen molar-refractivity contribution in [2.45, 2.75) is 71.5 Å². The van der Waals surface area contributed by atoms with Gasteiger partial charge >= 0.3 is 0 Å². The van der Waals surface area contributed by atoms with Gasteiger partial charge in [-0.2, -0.15) is 0 Å². The normalized spacial score (nSPS) is 12.3. The predicted molar refractivity (Wildman–Crippen MR) is 67.4 cm³/mol. The maximum Gasteiger partial charge on any atom is 0.289 e. The van der Waals surface area contributed by atoms with E-state index in [4.69, 9.17) is 4.43 Å². The Bertz CT molecular complexity index is 192. The molecule has 0 spiro atoms. The third-order valence-corrected chi connectivity index (χ3v) is 8.92. The Kier molecular flexibility index (Phi) is 6.18. The first-order valence-electron chi connectivity index (χ1n) is 6.06. The Hall–Kier alpha value is -0.313. The minimum absolute atomic E-state index is 0.0971. The number of carbonyl (C=O) groups is 1. The van der Waals surface area contributed by atoms with Crippen molar-refractivity contribution >= 4 is 14.3 Å². The number of hydrogen-bond acceptors (Lipinski definition) is 2. The molecule has 0 bridgehead atoms.